The van der Waals surface area contributed by atoms with E-state index in [0.717, 1.165) is 6.20 Å². The van der Waals surface area contributed by atoms with E-state index in [1.54, 1.807) is 0 Å². The van der Waals surface area contributed by atoms with Crippen LogP contribution >= 0.6 is 0 Å². The summed E-state index contributed by atoms with van der Waals surface area (Å²) in [7, 11) is -4.29. The summed E-state index contributed by atoms with van der Waals surface area (Å²) in [5.74, 6) is -1.77. The summed E-state index contributed by atoms with van der Waals surface area (Å²) in [5.41, 5.74) is 5.03. The molecule has 12 heteroatoms. The second-order valence-electron chi connectivity index (χ2n) is 4.73. The third kappa shape index (κ3) is 5.11. The molecule has 0 spiro atoms. The SMILES string of the molecule is NCCC(=O)Nc1ccc(-c2ccn(S(N)(=O)=O)c2C(=O)[O-])cn1.[Na+]. The predicted octanol–water partition coefficient (Wildman–Crippen LogP) is -4.74. The van der Waals surface area contributed by atoms with Gasteiger partial charge in [0, 0.05) is 36.5 Å². The van der Waals surface area contributed by atoms with E-state index in [1.807, 2.05) is 0 Å². The molecule has 0 unspecified atom stereocenters. The molecule has 0 aliphatic carbocycles. The Hall–Kier alpha value is -1.76. The molecular weight excluding hydrogens is 361 g/mol. The summed E-state index contributed by atoms with van der Waals surface area (Å²) in [4.78, 5) is 26.7. The molecule has 10 nitrogen and oxygen atoms in total. The van der Waals surface area contributed by atoms with Crippen molar-refractivity contribution in [3.05, 3.63) is 36.3 Å². The molecule has 0 saturated carbocycles. The summed E-state index contributed by atoms with van der Waals surface area (Å²) in [5, 5.41) is 18.7. The summed E-state index contributed by atoms with van der Waals surface area (Å²) in [6.07, 6.45) is 2.43. The maximum absolute atomic E-state index is 11.4. The number of hydrogen-bond donors (Lipinski definition) is 3. The number of nitrogens with one attached hydrogen (secondary N) is 1. The number of carboxylic acids is 1. The Morgan fingerprint density at radius 2 is 1.96 bits per heavy atom. The molecule has 0 aliphatic heterocycles. The number of anilines is 1. The molecule has 1 amide bonds. The van der Waals surface area contributed by atoms with E-state index in [2.05, 4.69) is 10.3 Å². The normalized spacial score (nSPS) is 10.8. The molecule has 2 aromatic rings. The van der Waals surface area contributed by atoms with E-state index >= 15 is 0 Å². The van der Waals surface area contributed by atoms with Crippen LogP contribution in [0, 0.1) is 0 Å². The van der Waals surface area contributed by atoms with Gasteiger partial charge in [-0.05, 0) is 18.2 Å². The number of amides is 1. The summed E-state index contributed by atoms with van der Waals surface area (Å²) >= 11 is 0. The molecular formula is C13H14N5NaO5S. The van der Waals surface area contributed by atoms with Crippen LogP contribution in [0.3, 0.4) is 0 Å². The average molecular weight is 375 g/mol. The number of aromatic nitrogens is 2. The largest absolute Gasteiger partial charge is 1.00 e. The second-order valence-corrected chi connectivity index (χ2v) is 6.15. The number of pyridine rings is 1. The van der Waals surface area contributed by atoms with E-state index in [9.17, 15) is 23.1 Å². The van der Waals surface area contributed by atoms with Crippen LogP contribution in [-0.2, 0) is 15.0 Å². The van der Waals surface area contributed by atoms with Gasteiger partial charge in [0.25, 0.3) is 0 Å². The van der Waals surface area contributed by atoms with Crippen molar-refractivity contribution >= 4 is 27.9 Å². The Morgan fingerprint density at radius 1 is 1.28 bits per heavy atom. The zero-order valence-electron chi connectivity index (χ0n) is 13.3. The van der Waals surface area contributed by atoms with Gasteiger partial charge in [0.1, 0.15) is 5.82 Å². The Labute approximate surface area is 165 Å². The number of hydrogen-bond acceptors (Lipinski definition) is 7. The predicted molar refractivity (Wildman–Crippen MR) is 82.8 cm³/mol. The van der Waals surface area contributed by atoms with Gasteiger partial charge in [-0.2, -0.15) is 8.42 Å². The minimum atomic E-state index is -4.29. The van der Waals surface area contributed by atoms with Crippen LogP contribution in [0.2, 0.25) is 0 Å². The maximum atomic E-state index is 11.4. The van der Waals surface area contributed by atoms with Gasteiger partial charge in [0.2, 0.25) is 5.91 Å². The van der Waals surface area contributed by atoms with Crippen molar-refractivity contribution in [2.45, 2.75) is 6.42 Å². The first-order valence-corrected chi connectivity index (χ1v) is 8.16. The summed E-state index contributed by atoms with van der Waals surface area (Å²) < 4.78 is 23.2. The van der Waals surface area contributed by atoms with Gasteiger partial charge in [-0.1, -0.05) is 0 Å². The number of rotatable bonds is 6. The van der Waals surface area contributed by atoms with Crippen molar-refractivity contribution in [2.75, 3.05) is 11.9 Å². The summed E-state index contributed by atoms with van der Waals surface area (Å²) in [6.45, 7) is 0.194. The monoisotopic (exact) mass is 375 g/mol. The van der Waals surface area contributed by atoms with Gasteiger partial charge >= 0.3 is 39.8 Å². The maximum Gasteiger partial charge on any atom is 1.00 e. The topological polar surface area (TPSA) is 173 Å². The number of carbonyl (C=O) groups is 2. The fourth-order valence-electron chi connectivity index (χ4n) is 2.02. The molecule has 2 aromatic heterocycles. The van der Waals surface area contributed by atoms with Gasteiger partial charge in [-0.15, -0.1) is 0 Å². The van der Waals surface area contributed by atoms with Crippen LogP contribution in [-0.4, -0.2) is 35.8 Å². The Bertz CT molecular complexity index is 879. The molecule has 2 rings (SSSR count). The molecule has 5 N–H and O–H groups in total. The minimum absolute atomic E-state index is 0. The first-order chi connectivity index (χ1) is 11.2. The van der Waals surface area contributed by atoms with Crippen molar-refractivity contribution in [1.29, 1.82) is 0 Å². The third-order valence-electron chi connectivity index (χ3n) is 3.03. The quantitative estimate of drug-likeness (QED) is 0.425. The number of nitrogens with two attached hydrogens (primary N) is 2. The molecule has 0 aliphatic rings. The number of carbonyl (C=O) groups excluding carboxylic acids is 2. The molecule has 0 aromatic carbocycles. The van der Waals surface area contributed by atoms with Crippen LogP contribution in [0.15, 0.2) is 30.6 Å². The second kappa shape index (κ2) is 8.56. The van der Waals surface area contributed by atoms with Crippen molar-refractivity contribution in [3.8, 4) is 11.1 Å². The number of aromatic carboxylic acids is 1. The van der Waals surface area contributed by atoms with Crippen molar-refractivity contribution in [1.82, 2.24) is 8.96 Å². The zero-order chi connectivity index (χ0) is 17.9. The standard InChI is InChI=1S/C13H15N5O5S.Na/c14-5-3-11(19)17-10-2-1-8(7-16-10)9-4-6-18(24(15,22)23)12(9)13(20)21;/h1-2,4,6-7H,3,5,14H2,(H,20,21)(H2,15,22,23)(H,16,17,19);/q;+1/p-1. The fraction of sp³-hybridized carbons (Fsp3) is 0.154. The minimum Gasteiger partial charge on any atom is -0.543 e. The first-order valence-electron chi connectivity index (χ1n) is 6.66. The first kappa shape index (κ1) is 21.3. The fourth-order valence-corrected chi connectivity index (χ4v) is 2.68. The average Bonchev–Trinajstić information content (AvgIpc) is 2.93. The Morgan fingerprint density at radius 3 is 2.44 bits per heavy atom. The van der Waals surface area contributed by atoms with Crippen molar-refractivity contribution in [2.24, 2.45) is 10.9 Å². The van der Waals surface area contributed by atoms with Crippen LogP contribution in [0.25, 0.3) is 11.1 Å². The molecule has 0 bridgehead atoms. The van der Waals surface area contributed by atoms with Crippen LogP contribution < -0.4 is 50.9 Å². The van der Waals surface area contributed by atoms with E-state index < -0.39 is 21.9 Å². The number of nitrogens with zero attached hydrogens (tertiary/aromatic N) is 2. The molecule has 2 heterocycles. The molecule has 0 radical (unpaired) electrons. The van der Waals surface area contributed by atoms with Crippen LogP contribution in [0.4, 0.5) is 5.82 Å². The molecule has 0 atom stereocenters. The van der Waals surface area contributed by atoms with E-state index in [1.165, 1.54) is 24.4 Å². The smallest absolute Gasteiger partial charge is 0.543 e. The van der Waals surface area contributed by atoms with E-state index in [-0.39, 0.29) is 59.8 Å². The van der Waals surface area contributed by atoms with Crippen LogP contribution in [0.1, 0.15) is 16.9 Å². The Balaban J connectivity index is 0.00000312. The summed E-state index contributed by atoms with van der Waals surface area (Å²) in [6, 6.07) is 4.18. The van der Waals surface area contributed by atoms with E-state index in [0.29, 0.717) is 9.54 Å². The number of carboxylic acid groups (broad SMARTS) is 1. The molecule has 128 valence electrons. The Kier molecular flexibility index (Phi) is 7.29. The van der Waals surface area contributed by atoms with Gasteiger partial charge in [0.15, 0.2) is 0 Å². The van der Waals surface area contributed by atoms with E-state index in [4.69, 9.17) is 10.9 Å². The molecule has 25 heavy (non-hydrogen) atoms. The van der Waals surface area contributed by atoms with Crippen molar-refractivity contribution in [3.63, 3.8) is 0 Å². The van der Waals surface area contributed by atoms with Crippen molar-refractivity contribution < 1.29 is 52.7 Å². The van der Waals surface area contributed by atoms with Gasteiger partial charge in [-0.3, -0.25) is 4.79 Å². The van der Waals surface area contributed by atoms with Crippen LogP contribution in [0.5, 0.6) is 0 Å². The molecule has 0 fully saturated rings. The zero-order valence-corrected chi connectivity index (χ0v) is 16.1. The van der Waals surface area contributed by atoms with Gasteiger partial charge in [0.05, 0.1) is 11.7 Å². The molecule has 0 saturated heterocycles. The van der Waals surface area contributed by atoms with Gasteiger partial charge in [-0.25, -0.2) is 14.1 Å². The van der Waals surface area contributed by atoms with Gasteiger partial charge < -0.3 is 21.0 Å². The third-order valence-corrected chi connectivity index (χ3v) is 3.89.